The SMILES string of the molecule is CCCCCCOc1ccc(C(=O)OCC(=O)Nc2ccc(Cl)cc2C)cc1. The van der Waals surface area contributed by atoms with Crippen LogP contribution in [0.25, 0.3) is 0 Å². The normalized spacial score (nSPS) is 10.4. The van der Waals surface area contributed by atoms with Crippen molar-refractivity contribution in [3.63, 3.8) is 0 Å². The Kier molecular flexibility index (Phi) is 8.82. The van der Waals surface area contributed by atoms with Crippen molar-refractivity contribution in [2.75, 3.05) is 18.5 Å². The molecule has 0 heterocycles. The molecular formula is C22H26ClNO4. The molecule has 0 aliphatic heterocycles. The maximum Gasteiger partial charge on any atom is 0.338 e. The van der Waals surface area contributed by atoms with Gasteiger partial charge in [-0.15, -0.1) is 0 Å². The van der Waals surface area contributed by atoms with Gasteiger partial charge in [-0.2, -0.15) is 0 Å². The molecule has 2 rings (SSSR count). The lowest BCUT2D eigenvalue weighted by Crippen LogP contribution is -2.21. The van der Waals surface area contributed by atoms with Crippen LogP contribution in [0.4, 0.5) is 5.69 Å². The van der Waals surface area contributed by atoms with Crippen molar-refractivity contribution in [2.45, 2.75) is 39.5 Å². The Labute approximate surface area is 171 Å². The van der Waals surface area contributed by atoms with Crippen molar-refractivity contribution in [1.82, 2.24) is 0 Å². The molecule has 0 fully saturated rings. The van der Waals surface area contributed by atoms with E-state index in [1.54, 1.807) is 42.5 Å². The summed E-state index contributed by atoms with van der Waals surface area (Å²) < 4.78 is 10.7. The molecule has 0 bridgehead atoms. The summed E-state index contributed by atoms with van der Waals surface area (Å²) in [6, 6.07) is 11.9. The van der Waals surface area contributed by atoms with Crippen LogP contribution < -0.4 is 10.1 Å². The van der Waals surface area contributed by atoms with E-state index in [1.165, 1.54) is 12.8 Å². The van der Waals surface area contributed by atoms with Crippen molar-refractivity contribution >= 4 is 29.2 Å². The minimum Gasteiger partial charge on any atom is -0.494 e. The zero-order valence-corrected chi connectivity index (χ0v) is 17.1. The number of carbonyl (C=O) groups excluding carboxylic acids is 2. The Morgan fingerprint density at radius 1 is 1.04 bits per heavy atom. The Balaban J connectivity index is 1.76. The molecule has 0 spiro atoms. The van der Waals surface area contributed by atoms with E-state index in [4.69, 9.17) is 21.1 Å². The molecule has 150 valence electrons. The van der Waals surface area contributed by atoms with Gasteiger partial charge in [-0.1, -0.05) is 37.8 Å². The van der Waals surface area contributed by atoms with Gasteiger partial charge in [-0.05, 0) is 61.4 Å². The van der Waals surface area contributed by atoms with Gasteiger partial charge in [0.2, 0.25) is 0 Å². The number of amides is 1. The summed E-state index contributed by atoms with van der Waals surface area (Å²) in [6.45, 7) is 4.30. The van der Waals surface area contributed by atoms with Crippen LogP contribution in [-0.4, -0.2) is 25.1 Å². The number of carbonyl (C=O) groups is 2. The monoisotopic (exact) mass is 403 g/mol. The van der Waals surface area contributed by atoms with E-state index in [-0.39, 0.29) is 6.61 Å². The lowest BCUT2D eigenvalue weighted by molar-refractivity contribution is -0.119. The first-order valence-corrected chi connectivity index (χ1v) is 9.83. The first-order chi connectivity index (χ1) is 13.5. The highest BCUT2D eigenvalue weighted by Crippen LogP contribution is 2.19. The van der Waals surface area contributed by atoms with Gasteiger partial charge < -0.3 is 14.8 Å². The topological polar surface area (TPSA) is 64.6 Å². The molecule has 0 aliphatic rings. The molecule has 0 atom stereocenters. The molecule has 0 saturated carbocycles. The molecule has 28 heavy (non-hydrogen) atoms. The summed E-state index contributed by atoms with van der Waals surface area (Å²) in [6.07, 6.45) is 4.56. The highest BCUT2D eigenvalue weighted by molar-refractivity contribution is 6.30. The van der Waals surface area contributed by atoms with Crippen LogP contribution in [0.1, 0.15) is 48.5 Å². The Morgan fingerprint density at radius 2 is 1.79 bits per heavy atom. The Bertz CT molecular complexity index is 790. The summed E-state index contributed by atoms with van der Waals surface area (Å²) in [5.41, 5.74) is 1.83. The Morgan fingerprint density at radius 3 is 2.46 bits per heavy atom. The number of nitrogens with one attached hydrogen (secondary N) is 1. The number of ether oxygens (including phenoxy) is 2. The quantitative estimate of drug-likeness (QED) is 0.426. The summed E-state index contributed by atoms with van der Waals surface area (Å²) >= 11 is 5.89. The first-order valence-electron chi connectivity index (χ1n) is 9.45. The van der Waals surface area contributed by atoms with Crippen LogP contribution in [0.15, 0.2) is 42.5 Å². The second-order valence-corrected chi connectivity index (χ2v) is 6.95. The maximum absolute atomic E-state index is 12.1. The van der Waals surface area contributed by atoms with Crippen LogP contribution in [-0.2, 0) is 9.53 Å². The van der Waals surface area contributed by atoms with Crippen LogP contribution in [0.5, 0.6) is 5.75 Å². The zero-order valence-electron chi connectivity index (χ0n) is 16.3. The molecule has 0 aromatic heterocycles. The maximum atomic E-state index is 12.1. The highest BCUT2D eigenvalue weighted by Gasteiger charge is 2.11. The number of rotatable bonds is 10. The number of unbranched alkanes of at least 4 members (excludes halogenated alkanes) is 3. The van der Waals surface area contributed by atoms with Crippen LogP contribution >= 0.6 is 11.6 Å². The van der Waals surface area contributed by atoms with Crippen molar-refractivity contribution < 1.29 is 19.1 Å². The minimum atomic E-state index is -0.558. The fraction of sp³-hybridized carbons (Fsp3) is 0.364. The van der Waals surface area contributed by atoms with E-state index in [0.717, 1.165) is 18.4 Å². The molecular weight excluding hydrogens is 378 g/mol. The van der Waals surface area contributed by atoms with Crippen LogP contribution in [0.2, 0.25) is 5.02 Å². The standard InChI is InChI=1S/C22H26ClNO4/c1-3-4-5-6-13-27-19-10-7-17(8-11-19)22(26)28-15-21(25)24-20-12-9-18(23)14-16(20)2/h7-12,14H,3-6,13,15H2,1-2H3,(H,24,25). The van der Waals surface area contributed by atoms with Gasteiger partial charge in [-0.3, -0.25) is 4.79 Å². The number of benzene rings is 2. The zero-order chi connectivity index (χ0) is 20.4. The van der Waals surface area contributed by atoms with E-state index in [2.05, 4.69) is 12.2 Å². The molecule has 2 aromatic carbocycles. The third-order valence-electron chi connectivity index (χ3n) is 4.15. The van der Waals surface area contributed by atoms with E-state index >= 15 is 0 Å². The summed E-state index contributed by atoms with van der Waals surface area (Å²) in [5.74, 6) is -0.257. The molecule has 0 aliphatic carbocycles. The fourth-order valence-electron chi connectivity index (χ4n) is 2.57. The van der Waals surface area contributed by atoms with Gasteiger partial charge in [0.1, 0.15) is 5.75 Å². The Hall–Kier alpha value is -2.53. The van der Waals surface area contributed by atoms with Crippen LogP contribution in [0.3, 0.4) is 0 Å². The predicted molar refractivity (Wildman–Crippen MR) is 111 cm³/mol. The van der Waals surface area contributed by atoms with E-state index in [0.29, 0.717) is 28.6 Å². The molecule has 0 radical (unpaired) electrons. The average molecular weight is 404 g/mol. The van der Waals surface area contributed by atoms with Crippen molar-refractivity contribution in [3.05, 3.63) is 58.6 Å². The largest absolute Gasteiger partial charge is 0.494 e. The predicted octanol–water partition coefficient (Wildman–Crippen LogP) is 5.40. The summed E-state index contributed by atoms with van der Waals surface area (Å²) in [5, 5.41) is 3.29. The molecule has 1 amide bonds. The van der Waals surface area contributed by atoms with Crippen molar-refractivity contribution in [1.29, 1.82) is 0 Å². The van der Waals surface area contributed by atoms with Gasteiger partial charge in [0.15, 0.2) is 6.61 Å². The third-order valence-corrected chi connectivity index (χ3v) is 4.39. The van der Waals surface area contributed by atoms with Gasteiger partial charge in [0.25, 0.3) is 5.91 Å². The number of hydrogen-bond donors (Lipinski definition) is 1. The second-order valence-electron chi connectivity index (χ2n) is 6.52. The van der Waals surface area contributed by atoms with Crippen molar-refractivity contribution in [2.24, 2.45) is 0 Å². The lowest BCUT2D eigenvalue weighted by atomic mass is 10.2. The number of halogens is 1. The van der Waals surface area contributed by atoms with E-state index < -0.39 is 11.9 Å². The van der Waals surface area contributed by atoms with Crippen molar-refractivity contribution in [3.8, 4) is 5.75 Å². The van der Waals surface area contributed by atoms with Crippen LogP contribution in [0, 0.1) is 6.92 Å². The highest BCUT2D eigenvalue weighted by atomic mass is 35.5. The third kappa shape index (κ3) is 7.24. The number of esters is 1. The summed E-state index contributed by atoms with van der Waals surface area (Å²) in [7, 11) is 0. The van der Waals surface area contributed by atoms with E-state index in [1.807, 2.05) is 6.92 Å². The smallest absolute Gasteiger partial charge is 0.338 e. The van der Waals surface area contributed by atoms with Gasteiger partial charge in [-0.25, -0.2) is 4.79 Å². The molecule has 1 N–H and O–H groups in total. The fourth-order valence-corrected chi connectivity index (χ4v) is 2.80. The average Bonchev–Trinajstić information content (AvgIpc) is 2.68. The molecule has 2 aromatic rings. The first kappa shape index (κ1) is 21.8. The number of aryl methyl sites for hydroxylation is 1. The molecule has 0 saturated heterocycles. The van der Waals surface area contributed by atoms with Gasteiger partial charge >= 0.3 is 5.97 Å². The minimum absolute atomic E-state index is 0.365. The lowest BCUT2D eigenvalue weighted by Gasteiger charge is -2.10. The number of anilines is 1. The summed E-state index contributed by atoms with van der Waals surface area (Å²) in [4.78, 5) is 24.1. The van der Waals surface area contributed by atoms with E-state index in [9.17, 15) is 9.59 Å². The van der Waals surface area contributed by atoms with Gasteiger partial charge in [0, 0.05) is 10.7 Å². The molecule has 6 heteroatoms. The molecule has 0 unspecified atom stereocenters. The number of hydrogen-bond acceptors (Lipinski definition) is 4. The molecule has 5 nitrogen and oxygen atoms in total. The second kappa shape index (κ2) is 11.3. The van der Waals surface area contributed by atoms with Gasteiger partial charge in [0.05, 0.1) is 12.2 Å².